The van der Waals surface area contributed by atoms with Crippen molar-refractivity contribution in [3.05, 3.63) is 65.5 Å². The molecule has 1 spiro atoms. The molecule has 5 rings (SSSR count). The van der Waals surface area contributed by atoms with Crippen LogP contribution in [0.15, 0.2) is 48.5 Å². The second kappa shape index (κ2) is 9.38. The Labute approximate surface area is 196 Å². The van der Waals surface area contributed by atoms with Gasteiger partial charge in [-0.05, 0) is 65.1 Å². The number of amides is 2. The molecule has 1 aromatic heterocycles. The highest BCUT2D eigenvalue weighted by atomic mass is 19.1. The van der Waals surface area contributed by atoms with Crippen LogP contribution in [0.5, 0.6) is 5.75 Å². The molecule has 34 heavy (non-hydrogen) atoms. The van der Waals surface area contributed by atoms with Crippen molar-refractivity contribution in [1.82, 2.24) is 25.1 Å². The molecular weight excluding hydrogens is 439 g/mol. The number of aryl methyl sites for hydroxylation is 1. The smallest absolute Gasteiger partial charge is 0.324 e. The first-order valence-corrected chi connectivity index (χ1v) is 11.4. The van der Waals surface area contributed by atoms with Crippen molar-refractivity contribution in [1.29, 1.82) is 0 Å². The summed E-state index contributed by atoms with van der Waals surface area (Å²) in [5, 5.41) is 13.8. The normalized spacial score (nSPS) is 19.4. The number of aromatic nitrogens is 4. The Morgan fingerprint density at radius 3 is 2.74 bits per heavy atom. The van der Waals surface area contributed by atoms with Gasteiger partial charge in [-0.15, -0.1) is 0 Å². The average Bonchev–Trinajstić information content (AvgIpc) is 3.45. The van der Waals surface area contributed by atoms with E-state index in [9.17, 15) is 9.18 Å². The van der Waals surface area contributed by atoms with Gasteiger partial charge in [0.05, 0.1) is 12.2 Å². The molecule has 1 N–H and O–H groups in total. The first kappa shape index (κ1) is 22.3. The van der Waals surface area contributed by atoms with Crippen LogP contribution in [0.2, 0.25) is 0 Å². The average molecular weight is 467 g/mol. The Kier molecular flexibility index (Phi) is 6.14. The van der Waals surface area contributed by atoms with Gasteiger partial charge in [0.25, 0.3) is 5.95 Å². The molecule has 2 fully saturated rings. The minimum absolute atomic E-state index is 0.194. The highest BCUT2D eigenvalue weighted by Crippen LogP contribution is 2.43. The fourth-order valence-electron chi connectivity index (χ4n) is 4.66. The number of piperidine rings is 1. The van der Waals surface area contributed by atoms with Gasteiger partial charge in [0.1, 0.15) is 18.2 Å². The molecule has 2 saturated heterocycles. The summed E-state index contributed by atoms with van der Waals surface area (Å²) in [6, 6.07) is 14.3. The van der Waals surface area contributed by atoms with Gasteiger partial charge in [0.15, 0.2) is 0 Å². The maximum Gasteiger partial charge on any atom is 0.324 e. The van der Waals surface area contributed by atoms with Crippen molar-refractivity contribution < 1.29 is 18.7 Å². The van der Waals surface area contributed by atoms with Crippen LogP contribution in [0.1, 0.15) is 36.3 Å². The summed E-state index contributed by atoms with van der Waals surface area (Å²) in [6.07, 6.45) is 2.52. The third-order valence-electron chi connectivity index (χ3n) is 6.66. The SMILES string of the molecule is Cn1nnnc1NC(=O)N1CCC2(CC1)C[C@H](c1ccc(OCc3cccc(F)c3)cc1)CO2. The third kappa shape index (κ3) is 4.86. The summed E-state index contributed by atoms with van der Waals surface area (Å²) in [7, 11) is 1.68. The number of carbonyl (C=O) groups excluding carboxylic acids is 1. The zero-order valence-corrected chi connectivity index (χ0v) is 19.0. The highest BCUT2D eigenvalue weighted by molar-refractivity contribution is 5.87. The first-order chi connectivity index (χ1) is 16.5. The van der Waals surface area contributed by atoms with Crippen molar-refractivity contribution in [3.8, 4) is 5.75 Å². The predicted molar refractivity (Wildman–Crippen MR) is 122 cm³/mol. The predicted octanol–water partition coefficient (Wildman–Crippen LogP) is 3.50. The summed E-state index contributed by atoms with van der Waals surface area (Å²) in [4.78, 5) is 14.3. The Hall–Kier alpha value is -3.53. The van der Waals surface area contributed by atoms with Crippen LogP contribution in [-0.4, -0.2) is 56.4 Å². The number of halogens is 1. The van der Waals surface area contributed by atoms with E-state index >= 15 is 0 Å². The van der Waals surface area contributed by atoms with E-state index in [0.29, 0.717) is 38.2 Å². The highest BCUT2D eigenvalue weighted by Gasteiger charge is 2.43. The van der Waals surface area contributed by atoms with Crippen molar-refractivity contribution >= 4 is 12.0 Å². The number of tetrazole rings is 1. The minimum Gasteiger partial charge on any atom is -0.489 e. The summed E-state index contributed by atoms with van der Waals surface area (Å²) in [5.41, 5.74) is 1.81. The van der Waals surface area contributed by atoms with E-state index in [4.69, 9.17) is 9.47 Å². The van der Waals surface area contributed by atoms with Gasteiger partial charge in [0.2, 0.25) is 0 Å². The third-order valence-corrected chi connectivity index (χ3v) is 6.66. The Morgan fingerprint density at radius 1 is 1.24 bits per heavy atom. The number of benzene rings is 2. The number of carbonyl (C=O) groups is 1. The first-order valence-electron chi connectivity index (χ1n) is 11.4. The lowest BCUT2D eigenvalue weighted by molar-refractivity contribution is -0.0355. The summed E-state index contributed by atoms with van der Waals surface area (Å²) in [6.45, 7) is 2.23. The molecule has 10 heteroatoms. The number of nitrogens with zero attached hydrogens (tertiary/aromatic N) is 5. The van der Waals surface area contributed by atoms with E-state index in [2.05, 4.69) is 33.0 Å². The Morgan fingerprint density at radius 2 is 2.03 bits per heavy atom. The number of likely N-dealkylation sites (tertiary alicyclic amines) is 1. The van der Waals surface area contributed by atoms with Gasteiger partial charge in [-0.3, -0.25) is 5.32 Å². The van der Waals surface area contributed by atoms with Crippen LogP contribution in [0.3, 0.4) is 0 Å². The van der Waals surface area contributed by atoms with Gasteiger partial charge in [-0.1, -0.05) is 29.4 Å². The maximum atomic E-state index is 13.3. The van der Waals surface area contributed by atoms with E-state index in [1.165, 1.54) is 22.4 Å². The van der Waals surface area contributed by atoms with Crippen LogP contribution in [0.4, 0.5) is 15.1 Å². The molecule has 0 unspecified atom stereocenters. The van der Waals surface area contributed by atoms with Crippen molar-refractivity contribution in [2.75, 3.05) is 25.0 Å². The van der Waals surface area contributed by atoms with Crippen LogP contribution in [0, 0.1) is 5.82 Å². The van der Waals surface area contributed by atoms with E-state index in [1.807, 2.05) is 18.2 Å². The van der Waals surface area contributed by atoms with E-state index in [-0.39, 0.29) is 17.4 Å². The fraction of sp³-hybridized carbons (Fsp3) is 0.417. The number of urea groups is 1. The number of hydrogen-bond acceptors (Lipinski definition) is 6. The molecule has 2 aromatic carbocycles. The number of nitrogens with one attached hydrogen (secondary N) is 1. The maximum absolute atomic E-state index is 13.3. The Bertz CT molecular complexity index is 1140. The molecule has 178 valence electrons. The number of anilines is 1. The number of rotatable bonds is 5. The number of hydrogen-bond donors (Lipinski definition) is 1. The van der Waals surface area contributed by atoms with Gasteiger partial charge in [-0.2, -0.15) is 0 Å². The molecular formula is C24H27FN6O3. The lowest BCUT2D eigenvalue weighted by Gasteiger charge is -2.38. The summed E-state index contributed by atoms with van der Waals surface area (Å²) < 4.78 is 26.8. The zero-order chi connectivity index (χ0) is 23.5. The topological polar surface area (TPSA) is 94.4 Å². The van der Waals surface area contributed by atoms with Crippen LogP contribution in [-0.2, 0) is 18.4 Å². The van der Waals surface area contributed by atoms with Gasteiger partial charge in [-0.25, -0.2) is 13.9 Å². The fourth-order valence-corrected chi connectivity index (χ4v) is 4.66. The van der Waals surface area contributed by atoms with Crippen molar-refractivity contribution in [3.63, 3.8) is 0 Å². The van der Waals surface area contributed by atoms with E-state index in [1.54, 1.807) is 18.0 Å². The molecule has 3 heterocycles. The lowest BCUT2D eigenvalue weighted by atomic mass is 9.83. The number of ether oxygens (including phenoxy) is 2. The van der Waals surface area contributed by atoms with Gasteiger partial charge >= 0.3 is 6.03 Å². The standard InChI is InChI=1S/C24H27FN6O3/c1-30-22(27-28-29-30)26-23(32)31-11-9-24(10-12-31)14-19(16-34-24)18-5-7-21(8-6-18)33-15-17-3-2-4-20(25)13-17/h2-8,13,19H,9-12,14-16H2,1H3,(H,26,27,29,32)/t19-/m0/s1. The Balaban J connectivity index is 1.12. The lowest BCUT2D eigenvalue weighted by Crippen LogP contribution is -2.48. The van der Waals surface area contributed by atoms with Crippen LogP contribution in [0.25, 0.3) is 0 Å². The summed E-state index contributed by atoms with van der Waals surface area (Å²) in [5.74, 6) is 1.12. The van der Waals surface area contributed by atoms with Crippen LogP contribution < -0.4 is 10.1 Å². The quantitative estimate of drug-likeness (QED) is 0.619. The monoisotopic (exact) mass is 466 g/mol. The second-order valence-corrected chi connectivity index (χ2v) is 8.93. The van der Waals surface area contributed by atoms with E-state index < -0.39 is 0 Å². The van der Waals surface area contributed by atoms with Crippen molar-refractivity contribution in [2.45, 2.75) is 37.4 Å². The van der Waals surface area contributed by atoms with E-state index in [0.717, 1.165) is 30.6 Å². The molecule has 2 amide bonds. The molecule has 2 aliphatic heterocycles. The molecule has 2 aliphatic rings. The molecule has 0 aliphatic carbocycles. The molecule has 0 saturated carbocycles. The van der Waals surface area contributed by atoms with Gasteiger partial charge < -0.3 is 14.4 Å². The molecule has 1 atom stereocenters. The summed E-state index contributed by atoms with van der Waals surface area (Å²) >= 11 is 0. The zero-order valence-electron chi connectivity index (χ0n) is 19.0. The van der Waals surface area contributed by atoms with Crippen molar-refractivity contribution in [2.24, 2.45) is 7.05 Å². The molecule has 0 bridgehead atoms. The molecule has 3 aromatic rings. The molecule has 9 nitrogen and oxygen atoms in total. The van der Waals surface area contributed by atoms with Gasteiger partial charge in [0, 0.05) is 26.1 Å². The minimum atomic E-state index is -0.263. The molecule has 0 radical (unpaired) electrons. The second-order valence-electron chi connectivity index (χ2n) is 8.93. The van der Waals surface area contributed by atoms with Crippen LogP contribution >= 0.6 is 0 Å². The largest absolute Gasteiger partial charge is 0.489 e.